The SMILES string of the molecule is NC(CCl)=Nc1ccccc1CCc1ccncc1. The molecule has 1 aromatic carbocycles. The number of hydrogen-bond acceptors (Lipinski definition) is 2. The second kappa shape index (κ2) is 6.90. The Hall–Kier alpha value is -1.87. The quantitative estimate of drug-likeness (QED) is 0.517. The van der Waals surface area contributed by atoms with Gasteiger partial charge in [-0.2, -0.15) is 0 Å². The summed E-state index contributed by atoms with van der Waals surface area (Å²) in [5.74, 6) is 0.691. The van der Waals surface area contributed by atoms with E-state index in [2.05, 4.69) is 16.0 Å². The minimum absolute atomic E-state index is 0.249. The van der Waals surface area contributed by atoms with Gasteiger partial charge in [0.2, 0.25) is 0 Å². The van der Waals surface area contributed by atoms with E-state index in [1.165, 1.54) is 11.1 Å². The van der Waals surface area contributed by atoms with Crippen molar-refractivity contribution < 1.29 is 0 Å². The maximum absolute atomic E-state index is 5.69. The van der Waals surface area contributed by atoms with Crippen molar-refractivity contribution in [2.75, 3.05) is 5.88 Å². The van der Waals surface area contributed by atoms with Crippen molar-refractivity contribution in [1.29, 1.82) is 0 Å². The lowest BCUT2D eigenvalue weighted by Crippen LogP contribution is -2.12. The van der Waals surface area contributed by atoms with Crippen LogP contribution in [-0.4, -0.2) is 16.7 Å². The number of alkyl halides is 1. The second-order valence-corrected chi connectivity index (χ2v) is 4.49. The van der Waals surface area contributed by atoms with Crippen LogP contribution in [-0.2, 0) is 12.8 Å². The molecule has 0 spiro atoms. The molecule has 2 rings (SSSR count). The molecule has 0 saturated heterocycles. The first kappa shape index (κ1) is 13.6. The van der Waals surface area contributed by atoms with Gasteiger partial charge in [-0.25, -0.2) is 4.99 Å². The molecular weight excluding hydrogens is 258 g/mol. The Bertz CT molecular complexity index is 552. The first-order valence-corrected chi connectivity index (χ1v) is 6.69. The number of rotatable bonds is 5. The summed E-state index contributed by atoms with van der Waals surface area (Å²) in [4.78, 5) is 8.36. The molecule has 0 fully saturated rings. The number of nitrogens with two attached hydrogens (primary N) is 1. The fraction of sp³-hybridized carbons (Fsp3) is 0.200. The molecule has 19 heavy (non-hydrogen) atoms. The molecule has 98 valence electrons. The molecule has 0 aliphatic heterocycles. The highest BCUT2D eigenvalue weighted by Gasteiger charge is 2.02. The maximum Gasteiger partial charge on any atom is 0.115 e. The van der Waals surface area contributed by atoms with E-state index in [4.69, 9.17) is 17.3 Å². The summed E-state index contributed by atoms with van der Waals surface area (Å²) in [6.45, 7) is 0. The van der Waals surface area contributed by atoms with Crippen LogP contribution in [0.1, 0.15) is 11.1 Å². The smallest absolute Gasteiger partial charge is 0.115 e. The van der Waals surface area contributed by atoms with Crippen molar-refractivity contribution in [3.05, 3.63) is 59.9 Å². The van der Waals surface area contributed by atoms with Crippen LogP contribution in [0.3, 0.4) is 0 Å². The number of aryl methyl sites for hydroxylation is 2. The van der Waals surface area contributed by atoms with Gasteiger partial charge in [-0.05, 0) is 42.2 Å². The van der Waals surface area contributed by atoms with Crippen molar-refractivity contribution in [3.8, 4) is 0 Å². The minimum atomic E-state index is 0.249. The Labute approximate surface area is 118 Å². The number of amidine groups is 1. The van der Waals surface area contributed by atoms with E-state index >= 15 is 0 Å². The van der Waals surface area contributed by atoms with E-state index in [9.17, 15) is 0 Å². The number of nitrogens with zero attached hydrogens (tertiary/aromatic N) is 2. The third-order valence-corrected chi connectivity index (χ3v) is 3.10. The van der Waals surface area contributed by atoms with Crippen molar-refractivity contribution in [2.24, 2.45) is 10.7 Å². The van der Waals surface area contributed by atoms with Gasteiger partial charge in [0.1, 0.15) is 5.84 Å². The fourth-order valence-corrected chi connectivity index (χ4v) is 1.90. The Balaban J connectivity index is 2.12. The summed E-state index contributed by atoms with van der Waals surface area (Å²) in [7, 11) is 0. The zero-order valence-electron chi connectivity index (χ0n) is 10.6. The Kier molecular flexibility index (Phi) is 4.93. The number of benzene rings is 1. The molecule has 1 aromatic heterocycles. The van der Waals surface area contributed by atoms with Gasteiger partial charge in [-0.15, -0.1) is 11.6 Å². The first-order chi connectivity index (χ1) is 9.29. The van der Waals surface area contributed by atoms with Crippen molar-refractivity contribution in [1.82, 2.24) is 4.98 Å². The summed E-state index contributed by atoms with van der Waals surface area (Å²) >= 11 is 5.66. The summed E-state index contributed by atoms with van der Waals surface area (Å²) in [6.07, 6.45) is 5.49. The average Bonchev–Trinajstić information content (AvgIpc) is 2.47. The highest BCUT2D eigenvalue weighted by atomic mass is 35.5. The number of aliphatic imine (C=N–C) groups is 1. The summed E-state index contributed by atoms with van der Waals surface area (Å²) in [5, 5.41) is 0. The van der Waals surface area contributed by atoms with Gasteiger partial charge in [-0.3, -0.25) is 4.98 Å². The Morgan fingerprint density at radius 2 is 1.84 bits per heavy atom. The van der Waals surface area contributed by atoms with Crippen LogP contribution in [0.25, 0.3) is 0 Å². The third-order valence-electron chi connectivity index (χ3n) is 2.82. The lowest BCUT2D eigenvalue weighted by molar-refractivity contribution is 0.954. The Morgan fingerprint density at radius 1 is 1.11 bits per heavy atom. The van der Waals surface area contributed by atoms with E-state index in [1.807, 2.05) is 42.7 Å². The van der Waals surface area contributed by atoms with Crippen LogP contribution in [0.5, 0.6) is 0 Å². The number of aromatic nitrogens is 1. The number of halogens is 1. The van der Waals surface area contributed by atoms with Gasteiger partial charge in [0, 0.05) is 12.4 Å². The highest BCUT2D eigenvalue weighted by Crippen LogP contribution is 2.20. The zero-order valence-corrected chi connectivity index (χ0v) is 11.3. The largest absolute Gasteiger partial charge is 0.386 e. The highest BCUT2D eigenvalue weighted by molar-refractivity contribution is 6.28. The molecule has 0 atom stereocenters. The van der Waals surface area contributed by atoms with Crippen LogP contribution in [0.4, 0.5) is 5.69 Å². The maximum atomic E-state index is 5.69. The Morgan fingerprint density at radius 3 is 2.58 bits per heavy atom. The molecule has 3 nitrogen and oxygen atoms in total. The molecule has 2 N–H and O–H groups in total. The molecule has 0 saturated carbocycles. The lowest BCUT2D eigenvalue weighted by atomic mass is 10.0. The third kappa shape index (κ3) is 4.07. The minimum Gasteiger partial charge on any atom is -0.386 e. The molecule has 0 aliphatic carbocycles. The van der Waals surface area contributed by atoms with E-state index in [0.29, 0.717) is 5.84 Å². The van der Waals surface area contributed by atoms with Crippen molar-refractivity contribution in [3.63, 3.8) is 0 Å². The summed E-state index contributed by atoms with van der Waals surface area (Å²) in [6, 6.07) is 12.1. The summed E-state index contributed by atoms with van der Waals surface area (Å²) < 4.78 is 0. The van der Waals surface area contributed by atoms with Crippen molar-refractivity contribution in [2.45, 2.75) is 12.8 Å². The number of pyridine rings is 1. The van der Waals surface area contributed by atoms with Crippen LogP contribution >= 0.6 is 11.6 Å². The molecule has 0 bridgehead atoms. The van der Waals surface area contributed by atoms with Gasteiger partial charge >= 0.3 is 0 Å². The average molecular weight is 274 g/mol. The first-order valence-electron chi connectivity index (χ1n) is 6.15. The van der Waals surface area contributed by atoms with Gasteiger partial charge in [-0.1, -0.05) is 18.2 Å². The topological polar surface area (TPSA) is 51.3 Å². The van der Waals surface area contributed by atoms with Gasteiger partial charge in [0.15, 0.2) is 0 Å². The van der Waals surface area contributed by atoms with Gasteiger partial charge < -0.3 is 5.73 Å². The number of para-hydroxylation sites is 1. The number of hydrogen-bond donors (Lipinski definition) is 1. The predicted octanol–water partition coefficient (Wildman–Crippen LogP) is 3.09. The molecular formula is C15H16ClN3. The van der Waals surface area contributed by atoms with E-state index in [1.54, 1.807) is 0 Å². The molecule has 2 aromatic rings. The fourth-order valence-electron chi connectivity index (χ4n) is 1.84. The van der Waals surface area contributed by atoms with Crippen LogP contribution < -0.4 is 5.73 Å². The van der Waals surface area contributed by atoms with Crippen molar-refractivity contribution >= 4 is 23.1 Å². The molecule has 0 unspecified atom stereocenters. The zero-order chi connectivity index (χ0) is 13.5. The van der Waals surface area contributed by atoms with Gasteiger partial charge in [0.05, 0.1) is 11.6 Å². The molecule has 1 heterocycles. The van der Waals surface area contributed by atoms with Crippen LogP contribution in [0.15, 0.2) is 53.8 Å². The predicted molar refractivity (Wildman–Crippen MR) is 80.1 cm³/mol. The molecule has 0 radical (unpaired) electrons. The molecule has 0 amide bonds. The van der Waals surface area contributed by atoms with Gasteiger partial charge in [0.25, 0.3) is 0 Å². The van der Waals surface area contributed by atoms with E-state index in [-0.39, 0.29) is 5.88 Å². The standard InChI is InChI=1S/C15H16ClN3/c16-11-15(17)19-14-4-2-1-3-13(14)6-5-12-7-9-18-10-8-12/h1-4,7-10H,5-6,11H2,(H2,17,19). The lowest BCUT2D eigenvalue weighted by Gasteiger charge is -2.06. The van der Waals surface area contributed by atoms with Crippen LogP contribution in [0.2, 0.25) is 0 Å². The normalized spacial score (nSPS) is 11.5. The summed E-state index contributed by atoms with van der Waals surface area (Å²) in [5.41, 5.74) is 9.03. The molecule has 0 aliphatic rings. The second-order valence-electron chi connectivity index (χ2n) is 4.22. The van der Waals surface area contributed by atoms with E-state index < -0.39 is 0 Å². The van der Waals surface area contributed by atoms with E-state index in [0.717, 1.165) is 18.5 Å². The van der Waals surface area contributed by atoms with Crippen LogP contribution in [0, 0.1) is 0 Å². The molecule has 4 heteroatoms. The monoisotopic (exact) mass is 273 g/mol.